The number of hydrogen-bond acceptors (Lipinski definition) is 5. The Balaban J connectivity index is 1.55. The highest BCUT2D eigenvalue weighted by molar-refractivity contribution is 5.94. The number of amides is 1. The molecule has 2 aromatic heterocycles. The van der Waals surface area contributed by atoms with Gasteiger partial charge in [-0.05, 0) is 43.5 Å². The van der Waals surface area contributed by atoms with Crippen LogP contribution >= 0.6 is 0 Å². The quantitative estimate of drug-likeness (QED) is 0.741. The maximum atomic E-state index is 12.8. The fourth-order valence-electron chi connectivity index (χ4n) is 3.78. The molecular formula is C22H26N6O. The number of aryl methyl sites for hydroxylation is 3. The summed E-state index contributed by atoms with van der Waals surface area (Å²) in [6, 6.07) is 7.70. The Kier molecular flexibility index (Phi) is 5.29. The molecule has 4 rings (SSSR count). The molecule has 3 heterocycles. The van der Waals surface area contributed by atoms with Gasteiger partial charge in [0, 0.05) is 56.3 Å². The summed E-state index contributed by atoms with van der Waals surface area (Å²) in [5.74, 6) is 0.800. The van der Waals surface area contributed by atoms with Crippen LogP contribution in [-0.4, -0.2) is 44.8 Å². The molecule has 0 unspecified atom stereocenters. The predicted molar refractivity (Wildman–Crippen MR) is 112 cm³/mol. The second-order valence-electron chi connectivity index (χ2n) is 7.79. The molecule has 29 heavy (non-hydrogen) atoms. The minimum absolute atomic E-state index is 0.0229. The van der Waals surface area contributed by atoms with Gasteiger partial charge in [-0.1, -0.05) is 17.7 Å². The third kappa shape index (κ3) is 4.29. The molecule has 1 aromatic carbocycles. The molecule has 1 amide bonds. The highest BCUT2D eigenvalue weighted by atomic mass is 16.1. The number of hydrogen-bond donors (Lipinski definition) is 1. The van der Waals surface area contributed by atoms with Crippen LogP contribution in [0.5, 0.6) is 0 Å². The number of piperidine rings is 1. The Labute approximate surface area is 170 Å². The molecule has 1 aliphatic heterocycles. The number of benzene rings is 1. The van der Waals surface area contributed by atoms with E-state index in [4.69, 9.17) is 0 Å². The lowest BCUT2D eigenvalue weighted by molar-refractivity contribution is 0.0925. The number of carbonyl (C=O) groups excluding carboxylic acids is 1. The minimum Gasteiger partial charge on any atom is -0.349 e. The van der Waals surface area contributed by atoms with Crippen molar-refractivity contribution >= 4 is 11.9 Å². The normalized spacial score (nSPS) is 19.2. The topological polar surface area (TPSA) is 75.9 Å². The van der Waals surface area contributed by atoms with Crippen molar-refractivity contribution in [2.75, 3.05) is 18.0 Å². The van der Waals surface area contributed by atoms with Crippen LogP contribution in [0.25, 0.3) is 0 Å². The predicted octanol–water partition coefficient (Wildman–Crippen LogP) is 2.62. The molecule has 0 aliphatic carbocycles. The monoisotopic (exact) mass is 390 g/mol. The summed E-state index contributed by atoms with van der Waals surface area (Å²) in [5.41, 5.74) is 3.97. The Bertz CT molecular complexity index is 979. The van der Waals surface area contributed by atoms with E-state index in [9.17, 15) is 4.79 Å². The molecule has 7 heteroatoms. The average Bonchev–Trinajstić information content (AvgIpc) is 3.15. The van der Waals surface area contributed by atoms with Crippen molar-refractivity contribution in [2.45, 2.75) is 32.2 Å². The fourth-order valence-corrected chi connectivity index (χ4v) is 3.78. The largest absolute Gasteiger partial charge is 0.349 e. The van der Waals surface area contributed by atoms with Crippen LogP contribution in [0.2, 0.25) is 0 Å². The molecule has 0 saturated carbocycles. The van der Waals surface area contributed by atoms with Crippen LogP contribution < -0.4 is 10.2 Å². The van der Waals surface area contributed by atoms with Crippen molar-refractivity contribution in [3.05, 3.63) is 71.3 Å². The standard InChI is InChI=1S/C22H26N6O/c1-15-4-6-17(7-5-15)21(29)26-20-8-9-28(22-23-10-16(2)11-24-22)14-19(20)18-12-25-27(3)13-18/h4-7,10-13,19-20H,8-9,14H2,1-3H3,(H,26,29)/t19-,20+/m0/s1. The van der Waals surface area contributed by atoms with Gasteiger partial charge in [0.1, 0.15) is 0 Å². The molecule has 150 valence electrons. The third-order valence-corrected chi connectivity index (χ3v) is 5.45. The van der Waals surface area contributed by atoms with Gasteiger partial charge >= 0.3 is 0 Å². The highest BCUT2D eigenvalue weighted by Crippen LogP contribution is 2.29. The first-order chi connectivity index (χ1) is 14.0. The molecule has 1 fully saturated rings. The van der Waals surface area contributed by atoms with Crippen LogP contribution in [0, 0.1) is 13.8 Å². The van der Waals surface area contributed by atoms with E-state index in [-0.39, 0.29) is 17.9 Å². The van der Waals surface area contributed by atoms with Crippen molar-refractivity contribution in [1.82, 2.24) is 25.1 Å². The van der Waals surface area contributed by atoms with E-state index in [1.54, 1.807) is 4.68 Å². The first kappa shape index (κ1) is 19.1. The molecule has 0 spiro atoms. The number of carbonyl (C=O) groups is 1. The molecule has 0 radical (unpaired) electrons. The summed E-state index contributed by atoms with van der Waals surface area (Å²) in [5, 5.41) is 7.59. The van der Waals surface area contributed by atoms with Gasteiger partial charge in [-0.25, -0.2) is 9.97 Å². The Hall–Kier alpha value is -3.22. The summed E-state index contributed by atoms with van der Waals surface area (Å²) >= 11 is 0. The molecule has 1 aliphatic rings. The Morgan fingerprint density at radius 2 is 1.79 bits per heavy atom. The maximum absolute atomic E-state index is 12.8. The van der Waals surface area contributed by atoms with Gasteiger partial charge in [0.2, 0.25) is 5.95 Å². The van der Waals surface area contributed by atoms with Crippen molar-refractivity contribution in [3.63, 3.8) is 0 Å². The molecule has 1 N–H and O–H groups in total. The minimum atomic E-state index is -0.0380. The summed E-state index contributed by atoms with van der Waals surface area (Å²) in [4.78, 5) is 24.0. The molecule has 7 nitrogen and oxygen atoms in total. The lowest BCUT2D eigenvalue weighted by atomic mass is 9.87. The van der Waals surface area contributed by atoms with Gasteiger partial charge in [0.15, 0.2) is 0 Å². The number of anilines is 1. The van der Waals surface area contributed by atoms with Gasteiger partial charge < -0.3 is 10.2 Å². The van der Waals surface area contributed by atoms with E-state index < -0.39 is 0 Å². The molecule has 3 aromatic rings. The van der Waals surface area contributed by atoms with Gasteiger partial charge in [0.05, 0.1) is 6.20 Å². The van der Waals surface area contributed by atoms with E-state index >= 15 is 0 Å². The lowest BCUT2D eigenvalue weighted by Gasteiger charge is -2.38. The maximum Gasteiger partial charge on any atom is 0.251 e. The van der Waals surface area contributed by atoms with E-state index in [0.29, 0.717) is 5.56 Å². The van der Waals surface area contributed by atoms with Gasteiger partial charge in [0.25, 0.3) is 5.91 Å². The zero-order chi connectivity index (χ0) is 20.4. The Morgan fingerprint density at radius 1 is 1.07 bits per heavy atom. The van der Waals surface area contributed by atoms with Crippen LogP contribution in [0.4, 0.5) is 5.95 Å². The zero-order valence-electron chi connectivity index (χ0n) is 17.0. The third-order valence-electron chi connectivity index (χ3n) is 5.45. The number of rotatable bonds is 4. The van der Waals surface area contributed by atoms with Crippen LogP contribution in [-0.2, 0) is 7.05 Å². The molecular weight excluding hydrogens is 364 g/mol. The number of nitrogens with one attached hydrogen (secondary N) is 1. The van der Waals surface area contributed by atoms with E-state index in [1.807, 2.05) is 69.9 Å². The number of aromatic nitrogens is 4. The van der Waals surface area contributed by atoms with Gasteiger partial charge in [-0.2, -0.15) is 5.10 Å². The van der Waals surface area contributed by atoms with E-state index in [0.717, 1.165) is 42.1 Å². The second kappa shape index (κ2) is 8.03. The fraction of sp³-hybridized carbons (Fsp3) is 0.364. The van der Waals surface area contributed by atoms with Crippen LogP contribution in [0.15, 0.2) is 49.1 Å². The Morgan fingerprint density at radius 3 is 2.45 bits per heavy atom. The van der Waals surface area contributed by atoms with Crippen molar-refractivity contribution in [3.8, 4) is 0 Å². The number of nitrogens with zero attached hydrogens (tertiary/aromatic N) is 5. The first-order valence-corrected chi connectivity index (χ1v) is 9.89. The van der Waals surface area contributed by atoms with E-state index in [2.05, 4.69) is 25.3 Å². The first-order valence-electron chi connectivity index (χ1n) is 9.89. The summed E-state index contributed by atoms with van der Waals surface area (Å²) < 4.78 is 1.80. The van der Waals surface area contributed by atoms with Crippen LogP contribution in [0.3, 0.4) is 0 Å². The smallest absolute Gasteiger partial charge is 0.251 e. The summed E-state index contributed by atoms with van der Waals surface area (Å²) in [6.45, 7) is 5.52. The molecule has 2 atom stereocenters. The molecule has 1 saturated heterocycles. The SMILES string of the molecule is Cc1ccc(C(=O)N[C@@H]2CCN(c3ncc(C)cn3)C[C@H]2c2cnn(C)c2)cc1. The van der Waals surface area contributed by atoms with Crippen molar-refractivity contribution in [2.24, 2.45) is 7.05 Å². The van der Waals surface area contributed by atoms with Crippen molar-refractivity contribution < 1.29 is 4.79 Å². The van der Waals surface area contributed by atoms with Crippen LogP contribution in [0.1, 0.15) is 39.4 Å². The highest BCUT2D eigenvalue weighted by Gasteiger charge is 2.33. The summed E-state index contributed by atoms with van der Waals surface area (Å²) in [6.07, 6.45) is 8.40. The second-order valence-corrected chi connectivity index (χ2v) is 7.79. The molecule has 0 bridgehead atoms. The zero-order valence-corrected chi connectivity index (χ0v) is 17.0. The lowest BCUT2D eigenvalue weighted by Crippen LogP contribution is -2.50. The van der Waals surface area contributed by atoms with Gasteiger partial charge in [-0.3, -0.25) is 9.48 Å². The average molecular weight is 390 g/mol. The van der Waals surface area contributed by atoms with Crippen molar-refractivity contribution in [1.29, 1.82) is 0 Å². The van der Waals surface area contributed by atoms with Gasteiger partial charge in [-0.15, -0.1) is 0 Å². The summed E-state index contributed by atoms with van der Waals surface area (Å²) in [7, 11) is 1.91. The van der Waals surface area contributed by atoms with E-state index in [1.165, 1.54) is 0 Å².